The predicted molar refractivity (Wildman–Crippen MR) is 97.8 cm³/mol. The van der Waals surface area contributed by atoms with E-state index in [9.17, 15) is 4.79 Å². The van der Waals surface area contributed by atoms with Gasteiger partial charge in [0.15, 0.2) is 0 Å². The van der Waals surface area contributed by atoms with Crippen LogP contribution in [0.1, 0.15) is 23.6 Å². The summed E-state index contributed by atoms with van der Waals surface area (Å²) in [5.41, 5.74) is 3.88. The summed E-state index contributed by atoms with van der Waals surface area (Å²) in [6.45, 7) is 4.06. The number of hydrogen-bond donors (Lipinski definition) is 1. The Kier molecular flexibility index (Phi) is 6.01. The van der Waals surface area contributed by atoms with Crippen LogP contribution in [-0.4, -0.2) is 20.1 Å². The molecule has 0 spiro atoms. The lowest BCUT2D eigenvalue weighted by molar-refractivity contribution is -0.111. The molecule has 0 unspecified atom stereocenters. The van der Waals surface area contributed by atoms with E-state index in [1.807, 2.05) is 37.3 Å². The lowest BCUT2D eigenvalue weighted by Gasteiger charge is -2.11. The van der Waals surface area contributed by atoms with Crippen LogP contribution in [0, 0.1) is 6.92 Å². The molecule has 0 aromatic heterocycles. The van der Waals surface area contributed by atoms with Crippen LogP contribution in [0.5, 0.6) is 11.5 Å². The van der Waals surface area contributed by atoms with Crippen molar-refractivity contribution in [2.75, 3.05) is 19.5 Å². The molecular formula is C20H23NO3. The topological polar surface area (TPSA) is 47.6 Å². The largest absolute Gasteiger partial charge is 0.497 e. The van der Waals surface area contributed by atoms with Gasteiger partial charge in [-0.05, 0) is 42.7 Å². The van der Waals surface area contributed by atoms with Gasteiger partial charge in [0.25, 0.3) is 0 Å². The normalized spacial score (nSPS) is 10.7. The number of hydrogen-bond acceptors (Lipinski definition) is 3. The minimum Gasteiger partial charge on any atom is -0.497 e. The first-order chi connectivity index (χ1) is 11.6. The summed E-state index contributed by atoms with van der Waals surface area (Å²) in [6, 6.07) is 11.5. The van der Waals surface area contributed by atoms with Gasteiger partial charge in [-0.3, -0.25) is 4.79 Å². The number of aryl methyl sites for hydroxylation is 2. The Balaban J connectivity index is 2.17. The van der Waals surface area contributed by atoms with Gasteiger partial charge in [0, 0.05) is 23.4 Å². The first kappa shape index (κ1) is 17.6. The monoisotopic (exact) mass is 325 g/mol. The number of anilines is 1. The van der Waals surface area contributed by atoms with Crippen molar-refractivity contribution in [1.82, 2.24) is 0 Å². The number of ether oxygens (including phenoxy) is 2. The summed E-state index contributed by atoms with van der Waals surface area (Å²) in [7, 11) is 3.19. The Bertz CT molecular complexity index is 751. The van der Waals surface area contributed by atoms with Crippen LogP contribution in [0.2, 0.25) is 0 Å². The molecule has 0 radical (unpaired) electrons. The van der Waals surface area contributed by atoms with Crippen LogP contribution < -0.4 is 14.8 Å². The number of rotatable bonds is 6. The maximum atomic E-state index is 12.3. The fraction of sp³-hybridized carbons (Fsp3) is 0.250. The Labute approximate surface area is 143 Å². The second-order valence-corrected chi connectivity index (χ2v) is 5.39. The molecule has 0 saturated heterocycles. The van der Waals surface area contributed by atoms with Gasteiger partial charge in [-0.15, -0.1) is 0 Å². The number of carbonyl (C=O) groups excluding carboxylic acids is 1. The highest BCUT2D eigenvalue weighted by Crippen LogP contribution is 2.26. The lowest BCUT2D eigenvalue weighted by Crippen LogP contribution is -2.11. The Morgan fingerprint density at radius 2 is 1.96 bits per heavy atom. The standard InChI is InChI=1S/C20H23NO3/c1-5-15-8-6-7-14(2)20(15)21-19(22)12-10-16-9-11-17(23-3)13-18(16)24-4/h6-13H,5H2,1-4H3,(H,21,22)/b12-10+. The van der Waals surface area contributed by atoms with Crippen molar-refractivity contribution in [2.24, 2.45) is 0 Å². The van der Waals surface area contributed by atoms with Crippen molar-refractivity contribution in [2.45, 2.75) is 20.3 Å². The van der Waals surface area contributed by atoms with Gasteiger partial charge in [-0.25, -0.2) is 0 Å². The molecule has 0 fully saturated rings. The van der Waals surface area contributed by atoms with E-state index in [0.717, 1.165) is 28.8 Å². The van der Waals surface area contributed by atoms with Crippen LogP contribution in [-0.2, 0) is 11.2 Å². The minimum atomic E-state index is -0.170. The van der Waals surface area contributed by atoms with E-state index in [4.69, 9.17) is 9.47 Å². The van der Waals surface area contributed by atoms with Gasteiger partial charge in [0.1, 0.15) is 11.5 Å². The van der Waals surface area contributed by atoms with Crippen molar-refractivity contribution in [3.05, 3.63) is 59.2 Å². The summed E-state index contributed by atoms with van der Waals surface area (Å²) in [5.74, 6) is 1.20. The average molecular weight is 325 g/mol. The number of amides is 1. The molecule has 4 heteroatoms. The Morgan fingerprint density at radius 3 is 2.62 bits per heavy atom. The summed E-state index contributed by atoms with van der Waals surface area (Å²) in [6.07, 6.45) is 4.11. The predicted octanol–water partition coefficient (Wildman–Crippen LogP) is 4.23. The molecule has 2 aromatic carbocycles. The van der Waals surface area contributed by atoms with E-state index in [2.05, 4.69) is 12.2 Å². The molecule has 2 aromatic rings. The third-order valence-electron chi connectivity index (χ3n) is 3.84. The Hall–Kier alpha value is -2.75. The molecule has 24 heavy (non-hydrogen) atoms. The summed E-state index contributed by atoms with van der Waals surface area (Å²) < 4.78 is 10.5. The number of methoxy groups -OCH3 is 2. The van der Waals surface area contributed by atoms with Gasteiger partial charge in [-0.2, -0.15) is 0 Å². The minimum absolute atomic E-state index is 0.170. The quantitative estimate of drug-likeness (QED) is 0.809. The highest BCUT2D eigenvalue weighted by atomic mass is 16.5. The fourth-order valence-electron chi connectivity index (χ4n) is 2.49. The van der Waals surface area contributed by atoms with E-state index >= 15 is 0 Å². The molecule has 0 bridgehead atoms. The van der Waals surface area contributed by atoms with Crippen LogP contribution >= 0.6 is 0 Å². The number of benzene rings is 2. The van der Waals surface area contributed by atoms with Crippen LogP contribution in [0.15, 0.2) is 42.5 Å². The highest BCUT2D eigenvalue weighted by molar-refractivity contribution is 6.03. The van der Waals surface area contributed by atoms with Crippen molar-refractivity contribution >= 4 is 17.7 Å². The van der Waals surface area contributed by atoms with E-state index in [0.29, 0.717) is 11.5 Å². The molecule has 0 aliphatic heterocycles. The van der Waals surface area contributed by atoms with E-state index in [1.54, 1.807) is 26.4 Å². The van der Waals surface area contributed by atoms with Crippen molar-refractivity contribution in [1.29, 1.82) is 0 Å². The van der Waals surface area contributed by atoms with Gasteiger partial charge in [0.05, 0.1) is 14.2 Å². The Morgan fingerprint density at radius 1 is 1.17 bits per heavy atom. The van der Waals surface area contributed by atoms with Crippen molar-refractivity contribution in [3.8, 4) is 11.5 Å². The molecular weight excluding hydrogens is 302 g/mol. The zero-order valence-corrected chi connectivity index (χ0v) is 14.6. The van der Waals surface area contributed by atoms with Gasteiger partial charge < -0.3 is 14.8 Å². The molecule has 126 valence electrons. The molecule has 0 aliphatic rings. The second-order valence-electron chi connectivity index (χ2n) is 5.39. The van der Waals surface area contributed by atoms with E-state index in [1.165, 1.54) is 6.08 Å². The third-order valence-corrected chi connectivity index (χ3v) is 3.84. The van der Waals surface area contributed by atoms with E-state index in [-0.39, 0.29) is 5.91 Å². The third kappa shape index (κ3) is 4.16. The molecule has 0 aliphatic carbocycles. The average Bonchev–Trinajstić information content (AvgIpc) is 2.61. The molecule has 2 rings (SSSR count). The fourth-order valence-corrected chi connectivity index (χ4v) is 2.49. The van der Waals surface area contributed by atoms with Gasteiger partial charge in [-0.1, -0.05) is 25.1 Å². The number of nitrogens with one attached hydrogen (secondary N) is 1. The van der Waals surface area contributed by atoms with Crippen molar-refractivity contribution in [3.63, 3.8) is 0 Å². The zero-order valence-electron chi connectivity index (χ0n) is 14.6. The summed E-state index contributed by atoms with van der Waals surface area (Å²) >= 11 is 0. The summed E-state index contributed by atoms with van der Waals surface area (Å²) in [4.78, 5) is 12.3. The van der Waals surface area contributed by atoms with Crippen LogP contribution in [0.4, 0.5) is 5.69 Å². The molecule has 1 amide bonds. The number of para-hydroxylation sites is 1. The first-order valence-corrected chi connectivity index (χ1v) is 7.88. The lowest BCUT2D eigenvalue weighted by atomic mass is 10.1. The maximum Gasteiger partial charge on any atom is 0.248 e. The number of carbonyl (C=O) groups is 1. The molecule has 0 heterocycles. The van der Waals surface area contributed by atoms with Gasteiger partial charge in [0.2, 0.25) is 5.91 Å². The van der Waals surface area contributed by atoms with Gasteiger partial charge >= 0.3 is 0 Å². The SMILES string of the molecule is CCc1cccc(C)c1NC(=O)/C=C/c1ccc(OC)cc1OC. The smallest absolute Gasteiger partial charge is 0.248 e. The van der Waals surface area contributed by atoms with E-state index < -0.39 is 0 Å². The molecule has 1 N–H and O–H groups in total. The first-order valence-electron chi connectivity index (χ1n) is 7.88. The second kappa shape index (κ2) is 8.20. The van der Waals surface area contributed by atoms with Crippen LogP contribution in [0.25, 0.3) is 6.08 Å². The maximum absolute atomic E-state index is 12.3. The molecule has 4 nitrogen and oxygen atoms in total. The highest BCUT2D eigenvalue weighted by Gasteiger charge is 2.07. The summed E-state index contributed by atoms with van der Waals surface area (Å²) in [5, 5.41) is 2.97. The zero-order chi connectivity index (χ0) is 17.5. The molecule has 0 saturated carbocycles. The van der Waals surface area contributed by atoms with Crippen LogP contribution in [0.3, 0.4) is 0 Å². The molecule has 0 atom stereocenters. The van der Waals surface area contributed by atoms with Crippen molar-refractivity contribution < 1.29 is 14.3 Å².